The van der Waals surface area contributed by atoms with Crippen LogP contribution in [0.1, 0.15) is 17.5 Å². The van der Waals surface area contributed by atoms with E-state index in [-0.39, 0.29) is 0 Å². The molecule has 0 saturated heterocycles. The Balaban J connectivity index is 1.64. The molecule has 2 aromatic rings. The first kappa shape index (κ1) is 12.9. The van der Waals surface area contributed by atoms with Crippen LogP contribution < -0.4 is 5.73 Å². The second-order valence-corrected chi connectivity index (χ2v) is 5.32. The Hall–Kier alpha value is -2.06. The van der Waals surface area contributed by atoms with Gasteiger partial charge in [0.2, 0.25) is 0 Å². The van der Waals surface area contributed by atoms with Gasteiger partial charge in [-0.1, -0.05) is 48.5 Å². The van der Waals surface area contributed by atoms with Crippen molar-refractivity contribution in [3.05, 3.63) is 71.8 Å². The zero-order valence-corrected chi connectivity index (χ0v) is 11.6. The normalized spacial score (nSPS) is 15.9. The zero-order chi connectivity index (χ0) is 13.8. The Morgan fingerprint density at radius 2 is 1.70 bits per heavy atom. The Kier molecular flexibility index (Phi) is 3.84. The van der Waals surface area contributed by atoms with E-state index >= 15 is 0 Å². The summed E-state index contributed by atoms with van der Waals surface area (Å²) in [5.41, 5.74) is 10.7. The van der Waals surface area contributed by atoms with Crippen LogP contribution in [0.2, 0.25) is 0 Å². The number of hydrogen-bond acceptors (Lipinski definition) is 2. The highest BCUT2D eigenvalue weighted by molar-refractivity contribution is 5.67. The molecular weight excluding hydrogens is 244 g/mol. The lowest BCUT2D eigenvalue weighted by Crippen LogP contribution is -2.27. The van der Waals surface area contributed by atoms with E-state index < -0.39 is 0 Å². The van der Waals surface area contributed by atoms with E-state index in [9.17, 15) is 0 Å². The van der Waals surface area contributed by atoms with E-state index in [0.29, 0.717) is 0 Å². The van der Waals surface area contributed by atoms with E-state index in [0.717, 1.165) is 31.7 Å². The van der Waals surface area contributed by atoms with Gasteiger partial charge in [-0.15, -0.1) is 0 Å². The molecule has 2 aromatic carbocycles. The van der Waals surface area contributed by atoms with Crippen LogP contribution in [0.3, 0.4) is 0 Å². The molecule has 3 rings (SSSR count). The Morgan fingerprint density at radius 3 is 2.35 bits per heavy atom. The molecule has 2 N–H and O–H groups in total. The van der Waals surface area contributed by atoms with Crippen LogP contribution >= 0.6 is 0 Å². The van der Waals surface area contributed by atoms with Crippen LogP contribution in [0, 0.1) is 0 Å². The van der Waals surface area contributed by atoms with Gasteiger partial charge in [-0.25, -0.2) is 0 Å². The third kappa shape index (κ3) is 3.09. The minimum atomic E-state index is 0.830. The molecule has 2 nitrogen and oxygen atoms in total. The maximum atomic E-state index is 5.74. The minimum Gasteiger partial charge on any atom is -0.399 e. The fourth-order valence-corrected chi connectivity index (χ4v) is 2.66. The summed E-state index contributed by atoms with van der Waals surface area (Å²) < 4.78 is 0. The van der Waals surface area contributed by atoms with Crippen LogP contribution in [0.4, 0.5) is 5.69 Å². The Morgan fingerprint density at radius 1 is 0.950 bits per heavy atom. The lowest BCUT2D eigenvalue weighted by molar-refractivity contribution is 0.294. The van der Waals surface area contributed by atoms with E-state index in [1.165, 1.54) is 16.7 Å². The molecule has 0 fully saturated rings. The van der Waals surface area contributed by atoms with Crippen molar-refractivity contribution in [3.8, 4) is 0 Å². The average Bonchev–Trinajstić information content (AvgIpc) is 2.50. The number of nitrogens with two attached hydrogens (primary N) is 1. The standard InChI is InChI=1S/C18H20N2/c19-18-8-6-16(7-9-18)17-10-12-20(13-11-17)14-15-4-2-1-3-5-15/h1-10H,11-14,19H2. The van der Waals surface area contributed by atoms with Crippen LogP contribution in [0.25, 0.3) is 5.57 Å². The highest BCUT2D eigenvalue weighted by atomic mass is 15.1. The highest BCUT2D eigenvalue weighted by Gasteiger charge is 2.12. The maximum absolute atomic E-state index is 5.74. The number of hydrogen-bond donors (Lipinski definition) is 1. The van der Waals surface area contributed by atoms with Crippen LogP contribution in [0.15, 0.2) is 60.7 Å². The van der Waals surface area contributed by atoms with Gasteiger partial charge in [0.05, 0.1) is 0 Å². The molecule has 102 valence electrons. The summed E-state index contributed by atoms with van der Waals surface area (Å²) in [4.78, 5) is 2.48. The van der Waals surface area contributed by atoms with Gasteiger partial charge >= 0.3 is 0 Å². The monoisotopic (exact) mass is 264 g/mol. The summed E-state index contributed by atoms with van der Waals surface area (Å²) in [7, 11) is 0. The Bertz CT molecular complexity index is 585. The van der Waals surface area contributed by atoms with Gasteiger partial charge in [0, 0.05) is 25.3 Å². The van der Waals surface area contributed by atoms with Gasteiger partial charge in [0.25, 0.3) is 0 Å². The van der Waals surface area contributed by atoms with Crippen molar-refractivity contribution in [3.63, 3.8) is 0 Å². The topological polar surface area (TPSA) is 29.3 Å². The molecule has 0 unspecified atom stereocenters. The molecule has 0 aliphatic carbocycles. The molecule has 0 amide bonds. The van der Waals surface area contributed by atoms with Gasteiger partial charge < -0.3 is 5.73 Å². The first-order chi connectivity index (χ1) is 9.81. The van der Waals surface area contributed by atoms with Gasteiger partial charge in [-0.2, -0.15) is 0 Å². The molecule has 1 aliphatic heterocycles. The molecule has 20 heavy (non-hydrogen) atoms. The molecular formula is C18H20N2. The number of nitrogens with zero attached hydrogens (tertiary/aromatic N) is 1. The van der Waals surface area contributed by atoms with Crippen LogP contribution in [-0.4, -0.2) is 18.0 Å². The van der Waals surface area contributed by atoms with E-state index in [1.807, 2.05) is 12.1 Å². The number of benzene rings is 2. The fraction of sp³-hybridized carbons (Fsp3) is 0.222. The van der Waals surface area contributed by atoms with Gasteiger partial charge in [-0.3, -0.25) is 4.90 Å². The predicted molar refractivity (Wildman–Crippen MR) is 85.2 cm³/mol. The van der Waals surface area contributed by atoms with Crippen molar-refractivity contribution in [2.24, 2.45) is 0 Å². The lowest BCUT2D eigenvalue weighted by Gasteiger charge is -2.26. The van der Waals surface area contributed by atoms with E-state index in [1.54, 1.807) is 0 Å². The molecule has 0 aromatic heterocycles. The van der Waals surface area contributed by atoms with Gasteiger partial charge in [0.15, 0.2) is 0 Å². The highest BCUT2D eigenvalue weighted by Crippen LogP contribution is 2.23. The second kappa shape index (κ2) is 5.93. The van der Waals surface area contributed by atoms with Crippen LogP contribution in [0.5, 0.6) is 0 Å². The summed E-state index contributed by atoms with van der Waals surface area (Å²) >= 11 is 0. The predicted octanol–water partition coefficient (Wildman–Crippen LogP) is 3.56. The zero-order valence-electron chi connectivity index (χ0n) is 11.6. The first-order valence-corrected chi connectivity index (χ1v) is 7.12. The number of nitrogen functional groups attached to an aromatic ring is 1. The summed E-state index contributed by atoms with van der Waals surface area (Å²) in [6, 6.07) is 18.9. The summed E-state index contributed by atoms with van der Waals surface area (Å²) in [6.45, 7) is 3.17. The van der Waals surface area contributed by atoms with Crippen molar-refractivity contribution in [2.75, 3.05) is 18.8 Å². The molecule has 0 atom stereocenters. The smallest absolute Gasteiger partial charge is 0.0314 e. The fourth-order valence-electron chi connectivity index (χ4n) is 2.66. The quantitative estimate of drug-likeness (QED) is 0.859. The van der Waals surface area contributed by atoms with Gasteiger partial charge in [0.1, 0.15) is 0 Å². The summed E-state index contributed by atoms with van der Waals surface area (Å²) in [5.74, 6) is 0. The third-order valence-electron chi connectivity index (χ3n) is 3.82. The van der Waals surface area contributed by atoms with Crippen molar-refractivity contribution in [1.29, 1.82) is 0 Å². The van der Waals surface area contributed by atoms with Crippen molar-refractivity contribution in [2.45, 2.75) is 13.0 Å². The third-order valence-corrected chi connectivity index (χ3v) is 3.82. The number of anilines is 1. The summed E-state index contributed by atoms with van der Waals surface area (Å²) in [5, 5.41) is 0. The minimum absolute atomic E-state index is 0.830. The largest absolute Gasteiger partial charge is 0.399 e. The Labute approximate surface area is 120 Å². The van der Waals surface area contributed by atoms with E-state index in [4.69, 9.17) is 5.73 Å². The SMILES string of the molecule is Nc1ccc(C2=CCN(Cc3ccccc3)CC2)cc1. The number of rotatable bonds is 3. The van der Waals surface area contributed by atoms with E-state index in [2.05, 4.69) is 53.4 Å². The molecule has 0 bridgehead atoms. The molecule has 1 heterocycles. The summed E-state index contributed by atoms with van der Waals surface area (Å²) in [6.07, 6.45) is 3.45. The molecule has 0 saturated carbocycles. The first-order valence-electron chi connectivity index (χ1n) is 7.12. The molecule has 1 aliphatic rings. The molecule has 2 heteroatoms. The second-order valence-electron chi connectivity index (χ2n) is 5.32. The average molecular weight is 264 g/mol. The van der Waals surface area contributed by atoms with Gasteiger partial charge in [-0.05, 0) is 35.3 Å². The van der Waals surface area contributed by atoms with Crippen molar-refractivity contribution in [1.82, 2.24) is 4.90 Å². The lowest BCUT2D eigenvalue weighted by atomic mass is 9.99. The van der Waals surface area contributed by atoms with Crippen molar-refractivity contribution < 1.29 is 0 Å². The van der Waals surface area contributed by atoms with Crippen LogP contribution in [-0.2, 0) is 6.54 Å². The maximum Gasteiger partial charge on any atom is 0.0314 e. The molecule has 0 spiro atoms. The molecule has 0 radical (unpaired) electrons. The van der Waals surface area contributed by atoms with Crippen molar-refractivity contribution >= 4 is 11.3 Å².